The predicted molar refractivity (Wildman–Crippen MR) is 103 cm³/mol. The number of pyridine rings is 1. The summed E-state index contributed by atoms with van der Waals surface area (Å²) in [5.74, 6) is -0.190. The minimum absolute atomic E-state index is 0.190. The lowest BCUT2D eigenvalue weighted by Gasteiger charge is -2.29. The average Bonchev–Trinajstić information content (AvgIpc) is 3.22. The number of nitrogens with one attached hydrogen (secondary N) is 1. The van der Waals surface area contributed by atoms with Gasteiger partial charge in [-0.25, -0.2) is 9.78 Å². The minimum Gasteiger partial charge on any atom is -0.444 e. The molecule has 0 bridgehead atoms. The first-order valence-electron chi connectivity index (χ1n) is 8.98. The van der Waals surface area contributed by atoms with E-state index in [-0.39, 0.29) is 12.1 Å². The van der Waals surface area contributed by atoms with E-state index in [0.29, 0.717) is 11.4 Å². The third-order valence-corrected chi connectivity index (χ3v) is 5.47. The van der Waals surface area contributed by atoms with Crippen LogP contribution in [0.5, 0.6) is 0 Å². The molecule has 4 heterocycles. The van der Waals surface area contributed by atoms with E-state index in [0.717, 1.165) is 29.2 Å². The number of imidazole rings is 1. The van der Waals surface area contributed by atoms with Gasteiger partial charge in [-0.1, -0.05) is 17.8 Å². The summed E-state index contributed by atoms with van der Waals surface area (Å²) in [5, 5.41) is 3.94. The van der Waals surface area contributed by atoms with Crippen LogP contribution in [0.15, 0.2) is 34.3 Å². The molecule has 0 aliphatic carbocycles. The van der Waals surface area contributed by atoms with E-state index in [4.69, 9.17) is 4.74 Å². The summed E-state index contributed by atoms with van der Waals surface area (Å²) in [5.41, 5.74) is 1.17. The molecule has 0 saturated carbocycles. The maximum atomic E-state index is 12.8. The Morgan fingerprint density at radius 2 is 2.15 bits per heavy atom. The molecule has 1 atom stereocenters. The Bertz CT molecular complexity index is 944. The first kappa shape index (κ1) is 17.9. The number of rotatable bonds is 2. The molecule has 0 radical (unpaired) electrons. The normalized spacial score (nSPS) is 19.1. The van der Waals surface area contributed by atoms with Crippen LogP contribution in [-0.4, -0.2) is 44.6 Å². The van der Waals surface area contributed by atoms with Crippen molar-refractivity contribution in [2.24, 2.45) is 0 Å². The number of likely N-dealkylation sites (tertiary alicyclic amines) is 1. The van der Waals surface area contributed by atoms with Crippen LogP contribution < -0.4 is 5.32 Å². The Balaban J connectivity index is 1.49. The van der Waals surface area contributed by atoms with Crippen LogP contribution in [0.2, 0.25) is 0 Å². The van der Waals surface area contributed by atoms with Crippen molar-refractivity contribution in [3.63, 3.8) is 0 Å². The smallest absolute Gasteiger partial charge is 0.411 e. The van der Waals surface area contributed by atoms with Gasteiger partial charge in [0.2, 0.25) is 0 Å². The van der Waals surface area contributed by atoms with Crippen molar-refractivity contribution in [3.05, 3.63) is 35.0 Å². The second kappa shape index (κ2) is 6.60. The maximum Gasteiger partial charge on any atom is 0.411 e. The van der Waals surface area contributed by atoms with Gasteiger partial charge >= 0.3 is 6.09 Å². The molecule has 0 spiro atoms. The lowest BCUT2D eigenvalue weighted by Crippen LogP contribution is -2.48. The van der Waals surface area contributed by atoms with E-state index >= 15 is 0 Å². The van der Waals surface area contributed by atoms with Gasteiger partial charge in [0.25, 0.3) is 5.91 Å². The number of hydrogen-bond acceptors (Lipinski definition) is 5. The van der Waals surface area contributed by atoms with Crippen LogP contribution >= 0.6 is 11.8 Å². The number of hydrogen-bond donors (Lipinski definition) is 1. The first-order valence-corrected chi connectivity index (χ1v) is 9.80. The largest absolute Gasteiger partial charge is 0.444 e. The maximum absolute atomic E-state index is 12.8. The number of carbonyl (C=O) groups excluding carboxylic acids is 2. The number of amides is 2. The molecular formula is C19H22N4O3S. The van der Waals surface area contributed by atoms with Gasteiger partial charge in [-0.05, 0) is 51.8 Å². The molecule has 1 fully saturated rings. The molecule has 27 heavy (non-hydrogen) atoms. The molecular weight excluding hydrogens is 364 g/mol. The number of thioether (sulfide) groups is 1. The fourth-order valence-corrected chi connectivity index (χ4v) is 4.27. The average molecular weight is 386 g/mol. The van der Waals surface area contributed by atoms with Gasteiger partial charge in [0.1, 0.15) is 17.4 Å². The molecule has 1 saturated heterocycles. The summed E-state index contributed by atoms with van der Waals surface area (Å²) in [6, 6.07) is 5.83. The Hall–Kier alpha value is -2.48. The SMILES string of the molecule is CC(C)(C)OC(=O)N1CCCC1NC(=O)C1=Cc2cnc3cccc(n23)S1. The number of aromatic nitrogens is 2. The quantitative estimate of drug-likeness (QED) is 0.857. The van der Waals surface area contributed by atoms with Gasteiger partial charge in [-0.3, -0.25) is 14.1 Å². The van der Waals surface area contributed by atoms with Crippen molar-refractivity contribution >= 4 is 35.5 Å². The zero-order chi connectivity index (χ0) is 19.2. The number of nitrogens with zero attached hydrogens (tertiary/aromatic N) is 3. The summed E-state index contributed by atoms with van der Waals surface area (Å²) in [6.45, 7) is 6.09. The molecule has 8 heteroatoms. The second-order valence-corrected chi connectivity index (χ2v) is 8.72. The van der Waals surface area contributed by atoms with Crippen molar-refractivity contribution in [1.29, 1.82) is 0 Å². The molecule has 142 valence electrons. The van der Waals surface area contributed by atoms with Gasteiger partial charge in [0.15, 0.2) is 0 Å². The molecule has 2 aromatic rings. The topological polar surface area (TPSA) is 75.9 Å². The van der Waals surface area contributed by atoms with Crippen LogP contribution in [0.4, 0.5) is 4.79 Å². The van der Waals surface area contributed by atoms with E-state index in [1.165, 1.54) is 11.8 Å². The zero-order valence-electron chi connectivity index (χ0n) is 15.6. The van der Waals surface area contributed by atoms with Crippen molar-refractivity contribution in [2.45, 2.75) is 50.4 Å². The van der Waals surface area contributed by atoms with E-state index in [9.17, 15) is 9.59 Å². The zero-order valence-corrected chi connectivity index (χ0v) is 16.4. The van der Waals surface area contributed by atoms with Crippen LogP contribution in [0, 0.1) is 0 Å². The number of carbonyl (C=O) groups is 2. The summed E-state index contributed by atoms with van der Waals surface area (Å²) >= 11 is 1.40. The highest BCUT2D eigenvalue weighted by atomic mass is 32.2. The van der Waals surface area contributed by atoms with Crippen molar-refractivity contribution < 1.29 is 14.3 Å². The van der Waals surface area contributed by atoms with Crippen LogP contribution in [0.1, 0.15) is 39.3 Å². The van der Waals surface area contributed by atoms with Crippen LogP contribution in [0.3, 0.4) is 0 Å². The monoisotopic (exact) mass is 386 g/mol. The number of ether oxygens (including phenoxy) is 1. The lowest BCUT2D eigenvalue weighted by molar-refractivity contribution is -0.118. The highest BCUT2D eigenvalue weighted by Gasteiger charge is 2.34. The Kier molecular flexibility index (Phi) is 4.38. The summed E-state index contributed by atoms with van der Waals surface area (Å²) < 4.78 is 7.48. The third kappa shape index (κ3) is 3.53. The third-order valence-electron chi connectivity index (χ3n) is 4.42. The molecule has 1 N–H and O–H groups in total. The minimum atomic E-state index is -0.562. The lowest BCUT2D eigenvalue weighted by atomic mass is 10.2. The predicted octanol–water partition coefficient (Wildman–Crippen LogP) is 3.25. The molecule has 2 aromatic heterocycles. The van der Waals surface area contributed by atoms with Gasteiger partial charge in [0, 0.05) is 6.54 Å². The van der Waals surface area contributed by atoms with Crippen LogP contribution in [0.25, 0.3) is 11.7 Å². The van der Waals surface area contributed by atoms with E-state index in [1.807, 2.05) is 49.4 Å². The van der Waals surface area contributed by atoms with Crippen molar-refractivity contribution in [1.82, 2.24) is 19.6 Å². The highest BCUT2D eigenvalue weighted by molar-refractivity contribution is 8.04. The van der Waals surface area contributed by atoms with E-state index < -0.39 is 11.7 Å². The second-order valence-electron chi connectivity index (χ2n) is 7.66. The summed E-state index contributed by atoms with van der Waals surface area (Å²) in [6.07, 6.45) is 4.41. The fraction of sp³-hybridized carbons (Fsp3) is 0.421. The Labute approximate surface area is 161 Å². The Morgan fingerprint density at radius 1 is 1.33 bits per heavy atom. The molecule has 7 nitrogen and oxygen atoms in total. The van der Waals surface area contributed by atoms with Gasteiger partial charge < -0.3 is 10.1 Å². The van der Waals surface area contributed by atoms with Crippen LogP contribution in [-0.2, 0) is 9.53 Å². The van der Waals surface area contributed by atoms with Crippen molar-refractivity contribution in [3.8, 4) is 0 Å². The molecule has 0 aromatic carbocycles. The van der Waals surface area contributed by atoms with Crippen molar-refractivity contribution in [2.75, 3.05) is 6.54 Å². The first-order chi connectivity index (χ1) is 12.8. The van der Waals surface area contributed by atoms with Gasteiger partial charge in [0.05, 0.1) is 21.8 Å². The fourth-order valence-electron chi connectivity index (χ4n) is 3.28. The standard InChI is InChI=1S/C19H22N4O3S/c1-19(2,3)26-18(25)22-9-5-7-15(22)21-17(24)13-10-12-11-20-14-6-4-8-16(27-13)23(12)14/h4,6,8,10-11,15H,5,7,9H2,1-3H3,(H,21,24). The summed E-state index contributed by atoms with van der Waals surface area (Å²) in [7, 11) is 0. The van der Waals surface area contributed by atoms with E-state index in [1.54, 1.807) is 11.1 Å². The molecule has 1 unspecified atom stereocenters. The van der Waals surface area contributed by atoms with E-state index in [2.05, 4.69) is 10.3 Å². The molecule has 2 aliphatic rings. The molecule has 2 aliphatic heterocycles. The van der Waals surface area contributed by atoms with Gasteiger partial charge in [-0.2, -0.15) is 0 Å². The summed E-state index contributed by atoms with van der Waals surface area (Å²) in [4.78, 5) is 31.8. The highest BCUT2D eigenvalue weighted by Crippen LogP contribution is 2.34. The molecule has 2 amide bonds. The molecule has 4 rings (SSSR count). The Morgan fingerprint density at radius 3 is 2.93 bits per heavy atom. The van der Waals surface area contributed by atoms with Gasteiger partial charge in [-0.15, -0.1) is 0 Å².